The van der Waals surface area contributed by atoms with Crippen LogP contribution in [0.4, 0.5) is 0 Å². The molecule has 21 heavy (non-hydrogen) atoms. The van der Waals surface area contributed by atoms with E-state index in [-0.39, 0.29) is 11.9 Å². The molecular weight excluding hydrogens is 288 g/mol. The standard InChI is InChI=1S/C15H20N2O3S/c18-14(9-12-10-21-7-6-16-12)17-13(15(19)20)8-11-4-2-1-3-5-11/h1-5,12-13,16H,6-10H2,(H,17,18)(H,19,20)/t12?,13-/m0/s1. The molecule has 1 aromatic rings. The second-order valence-electron chi connectivity index (χ2n) is 5.08. The van der Waals surface area contributed by atoms with E-state index in [4.69, 9.17) is 0 Å². The molecule has 3 N–H and O–H groups in total. The van der Waals surface area contributed by atoms with Gasteiger partial charge in [-0.05, 0) is 5.56 Å². The summed E-state index contributed by atoms with van der Waals surface area (Å²) in [5.74, 6) is 0.741. The molecule has 1 unspecified atom stereocenters. The van der Waals surface area contributed by atoms with Crippen molar-refractivity contribution in [2.75, 3.05) is 18.1 Å². The molecule has 5 nitrogen and oxygen atoms in total. The van der Waals surface area contributed by atoms with Crippen LogP contribution in [-0.4, -0.2) is 47.1 Å². The van der Waals surface area contributed by atoms with Crippen LogP contribution in [0.5, 0.6) is 0 Å². The molecule has 114 valence electrons. The van der Waals surface area contributed by atoms with Gasteiger partial charge in [0.05, 0.1) is 0 Å². The zero-order valence-corrected chi connectivity index (χ0v) is 12.6. The fourth-order valence-corrected chi connectivity index (χ4v) is 3.23. The molecule has 2 rings (SSSR count). The molecule has 0 aliphatic carbocycles. The maximum atomic E-state index is 12.0. The first-order chi connectivity index (χ1) is 10.1. The van der Waals surface area contributed by atoms with E-state index in [1.165, 1.54) is 0 Å². The second kappa shape index (κ2) is 8.05. The summed E-state index contributed by atoms with van der Waals surface area (Å²) < 4.78 is 0. The van der Waals surface area contributed by atoms with Crippen LogP contribution in [-0.2, 0) is 16.0 Å². The van der Waals surface area contributed by atoms with Gasteiger partial charge in [0.1, 0.15) is 6.04 Å². The SMILES string of the molecule is O=C(CC1CSCCN1)N[C@@H](Cc1ccccc1)C(=O)O. The lowest BCUT2D eigenvalue weighted by Gasteiger charge is -2.23. The fourth-order valence-electron chi connectivity index (χ4n) is 2.28. The zero-order chi connectivity index (χ0) is 15.1. The number of nitrogens with one attached hydrogen (secondary N) is 2. The number of hydrogen-bond acceptors (Lipinski definition) is 4. The summed E-state index contributed by atoms with van der Waals surface area (Å²) in [6.45, 7) is 0.898. The van der Waals surface area contributed by atoms with E-state index in [0.717, 1.165) is 23.6 Å². The lowest BCUT2D eigenvalue weighted by Crippen LogP contribution is -2.46. The molecule has 1 aliphatic heterocycles. The van der Waals surface area contributed by atoms with Gasteiger partial charge in [-0.25, -0.2) is 4.79 Å². The van der Waals surface area contributed by atoms with Crippen molar-refractivity contribution in [2.45, 2.75) is 24.9 Å². The Morgan fingerprint density at radius 1 is 1.38 bits per heavy atom. The molecule has 0 radical (unpaired) electrons. The monoisotopic (exact) mass is 308 g/mol. The predicted molar refractivity (Wildman–Crippen MR) is 83.4 cm³/mol. The van der Waals surface area contributed by atoms with Crippen molar-refractivity contribution in [1.82, 2.24) is 10.6 Å². The smallest absolute Gasteiger partial charge is 0.326 e. The van der Waals surface area contributed by atoms with Crippen molar-refractivity contribution in [2.24, 2.45) is 0 Å². The molecule has 0 saturated carbocycles. The van der Waals surface area contributed by atoms with Gasteiger partial charge >= 0.3 is 5.97 Å². The van der Waals surface area contributed by atoms with Crippen LogP contribution in [0.1, 0.15) is 12.0 Å². The van der Waals surface area contributed by atoms with Crippen LogP contribution >= 0.6 is 11.8 Å². The summed E-state index contributed by atoms with van der Waals surface area (Å²) in [6.07, 6.45) is 0.625. The number of carbonyl (C=O) groups is 2. The third-order valence-corrected chi connectivity index (χ3v) is 4.48. The number of amides is 1. The summed E-state index contributed by atoms with van der Waals surface area (Å²) in [5.41, 5.74) is 0.900. The zero-order valence-electron chi connectivity index (χ0n) is 11.7. The Bertz CT molecular complexity index is 475. The van der Waals surface area contributed by atoms with Crippen LogP contribution < -0.4 is 10.6 Å². The largest absolute Gasteiger partial charge is 0.480 e. The normalized spacial score (nSPS) is 19.7. The summed E-state index contributed by atoms with van der Waals surface area (Å²) in [5, 5.41) is 15.2. The maximum absolute atomic E-state index is 12.0. The molecule has 0 aromatic heterocycles. The van der Waals surface area contributed by atoms with Gasteiger partial charge in [-0.3, -0.25) is 4.79 Å². The Labute approximate surface area is 128 Å². The molecule has 1 fully saturated rings. The molecule has 2 atom stereocenters. The number of benzene rings is 1. The van der Waals surface area contributed by atoms with E-state index >= 15 is 0 Å². The van der Waals surface area contributed by atoms with Crippen molar-refractivity contribution in [3.05, 3.63) is 35.9 Å². The van der Waals surface area contributed by atoms with Crippen molar-refractivity contribution in [3.63, 3.8) is 0 Å². The van der Waals surface area contributed by atoms with Crippen LogP contribution in [0, 0.1) is 0 Å². The number of carboxylic acids is 1. The first-order valence-corrected chi connectivity index (χ1v) is 8.18. The van der Waals surface area contributed by atoms with Gasteiger partial charge in [0, 0.05) is 36.9 Å². The van der Waals surface area contributed by atoms with Crippen LogP contribution in [0.25, 0.3) is 0 Å². The Balaban J connectivity index is 1.86. The third-order valence-electron chi connectivity index (χ3n) is 3.35. The van der Waals surface area contributed by atoms with E-state index in [2.05, 4.69) is 10.6 Å². The molecule has 1 saturated heterocycles. The highest BCUT2D eigenvalue weighted by atomic mass is 32.2. The van der Waals surface area contributed by atoms with Gasteiger partial charge in [-0.1, -0.05) is 30.3 Å². The number of aliphatic carboxylic acids is 1. The predicted octanol–water partition coefficient (Wildman–Crippen LogP) is 0.894. The Kier molecular flexibility index (Phi) is 6.07. The average molecular weight is 308 g/mol. The van der Waals surface area contributed by atoms with Crippen molar-refractivity contribution >= 4 is 23.6 Å². The highest BCUT2D eigenvalue weighted by molar-refractivity contribution is 7.99. The molecule has 0 bridgehead atoms. The first-order valence-electron chi connectivity index (χ1n) is 7.02. The number of rotatable bonds is 6. The first kappa shape index (κ1) is 15.9. The van der Waals surface area contributed by atoms with Crippen molar-refractivity contribution in [1.29, 1.82) is 0 Å². The van der Waals surface area contributed by atoms with Gasteiger partial charge < -0.3 is 15.7 Å². The van der Waals surface area contributed by atoms with Crippen LogP contribution in [0.15, 0.2) is 30.3 Å². The van der Waals surface area contributed by atoms with Gasteiger partial charge in [0.25, 0.3) is 0 Å². The molecule has 6 heteroatoms. The number of thioether (sulfide) groups is 1. The number of carboxylic acid groups (broad SMARTS) is 1. The van der Waals surface area contributed by atoms with E-state index in [0.29, 0.717) is 12.8 Å². The minimum atomic E-state index is -1.00. The Morgan fingerprint density at radius 2 is 2.14 bits per heavy atom. The van der Waals surface area contributed by atoms with Crippen LogP contribution in [0.3, 0.4) is 0 Å². The van der Waals surface area contributed by atoms with Gasteiger partial charge in [0.2, 0.25) is 5.91 Å². The van der Waals surface area contributed by atoms with Gasteiger partial charge in [-0.2, -0.15) is 11.8 Å². The van der Waals surface area contributed by atoms with Gasteiger partial charge in [-0.15, -0.1) is 0 Å². The van der Waals surface area contributed by atoms with Crippen LogP contribution in [0.2, 0.25) is 0 Å². The van der Waals surface area contributed by atoms with Crippen molar-refractivity contribution < 1.29 is 14.7 Å². The fraction of sp³-hybridized carbons (Fsp3) is 0.467. The second-order valence-corrected chi connectivity index (χ2v) is 6.23. The van der Waals surface area contributed by atoms with E-state index in [9.17, 15) is 14.7 Å². The number of carbonyl (C=O) groups excluding carboxylic acids is 1. The van der Waals surface area contributed by atoms with E-state index in [1.807, 2.05) is 42.1 Å². The molecular formula is C15H20N2O3S. The third kappa shape index (κ3) is 5.40. The lowest BCUT2D eigenvalue weighted by atomic mass is 10.1. The van der Waals surface area contributed by atoms with E-state index in [1.54, 1.807) is 0 Å². The average Bonchev–Trinajstić information content (AvgIpc) is 2.48. The number of hydrogen-bond donors (Lipinski definition) is 3. The summed E-state index contributed by atoms with van der Waals surface area (Å²) in [7, 11) is 0. The molecule has 1 amide bonds. The van der Waals surface area contributed by atoms with Crippen molar-refractivity contribution in [3.8, 4) is 0 Å². The maximum Gasteiger partial charge on any atom is 0.326 e. The Morgan fingerprint density at radius 3 is 2.76 bits per heavy atom. The summed E-state index contributed by atoms with van der Waals surface area (Å²) in [6, 6.07) is 8.58. The Hall–Kier alpha value is -1.53. The molecule has 1 aliphatic rings. The molecule has 1 aromatic carbocycles. The topological polar surface area (TPSA) is 78.4 Å². The van der Waals surface area contributed by atoms with E-state index < -0.39 is 12.0 Å². The summed E-state index contributed by atoms with van der Waals surface area (Å²) >= 11 is 1.81. The molecule has 0 spiro atoms. The quantitative estimate of drug-likeness (QED) is 0.727. The summed E-state index contributed by atoms with van der Waals surface area (Å²) in [4.78, 5) is 23.3. The lowest BCUT2D eigenvalue weighted by molar-refractivity contribution is -0.141. The highest BCUT2D eigenvalue weighted by Crippen LogP contribution is 2.10. The minimum Gasteiger partial charge on any atom is -0.480 e. The molecule has 1 heterocycles. The highest BCUT2D eigenvalue weighted by Gasteiger charge is 2.23. The van der Waals surface area contributed by atoms with Gasteiger partial charge in [0.15, 0.2) is 0 Å². The minimum absolute atomic E-state index is 0.134.